The number of hydrogen-bond donors (Lipinski definition) is 3. The first-order chi connectivity index (χ1) is 12.2. The first-order valence-electron chi connectivity index (χ1n) is 8.15. The third kappa shape index (κ3) is 4.94. The van der Waals surface area contributed by atoms with Crippen LogP contribution in [0, 0.1) is 0 Å². The third-order valence-electron chi connectivity index (χ3n) is 3.36. The largest absolute Gasteiger partial charge is 0.478 e. The molecular formula is C17H20N2O5S. The minimum absolute atomic E-state index is 0.0775. The minimum Gasteiger partial charge on any atom is -0.478 e. The highest BCUT2D eigenvalue weighted by atomic mass is 32.2. The number of nitrogens with two attached hydrogens (primary N) is 1. The van der Waals surface area contributed by atoms with E-state index in [4.69, 9.17) is 11.2 Å². The van der Waals surface area contributed by atoms with E-state index in [9.17, 15) is 18.3 Å². The number of benzene rings is 2. The molecule has 2 rings (SSSR count). The highest BCUT2D eigenvalue weighted by molar-refractivity contribution is 7.89. The fraction of sp³-hybridized carbons (Fsp3) is 0.235. The number of para-hydroxylation sites is 1. The number of carboxylic acids is 1. The Hall–Kier alpha value is -2.58. The summed E-state index contributed by atoms with van der Waals surface area (Å²) in [5, 5.41) is 17.5. The number of carboxylic acid groups (broad SMARTS) is 1. The molecule has 8 heteroatoms. The average molecular weight is 365 g/mol. The van der Waals surface area contributed by atoms with Gasteiger partial charge in [0.15, 0.2) is 5.75 Å². The van der Waals surface area contributed by atoms with E-state index in [0.717, 1.165) is 18.9 Å². The first kappa shape index (κ1) is 17.2. The van der Waals surface area contributed by atoms with Crippen molar-refractivity contribution >= 4 is 21.7 Å². The van der Waals surface area contributed by atoms with E-state index in [1.54, 1.807) is 0 Å². The van der Waals surface area contributed by atoms with Crippen LogP contribution in [0.5, 0.6) is 11.5 Å². The second-order valence-electron chi connectivity index (χ2n) is 5.32. The number of rotatable bonds is 8. The Labute approximate surface area is 147 Å². The molecule has 0 amide bonds. The summed E-state index contributed by atoms with van der Waals surface area (Å²) in [5.41, 5.74) is -0.000736. The maximum Gasteiger partial charge on any atom is 0.335 e. The van der Waals surface area contributed by atoms with Crippen LogP contribution < -0.4 is 15.2 Å². The summed E-state index contributed by atoms with van der Waals surface area (Å²) < 4.78 is 37.2. The molecule has 0 atom stereocenters. The predicted molar refractivity (Wildman–Crippen MR) is 94.7 cm³/mol. The van der Waals surface area contributed by atoms with Gasteiger partial charge in [0.1, 0.15) is 10.6 Å². The van der Waals surface area contributed by atoms with Crippen LogP contribution >= 0.6 is 0 Å². The van der Waals surface area contributed by atoms with E-state index in [1.807, 2.05) is 6.92 Å². The fourth-order valence-electron chi connectivity index (χ4n) is 2.13. The average Bonchev–Trinajstić information content (AvgIpc) is 2.57. The summed E-state index contributed by atoms with van der Waals surface area (Å²) in [4.78, 5) is 10.9. The second kappa shape index (κ2) is 8.00. The van der Waals surface area contributed by atoms with Gasteiger partial charge in [-0.05, 0) is 30.7 Å². The number of ether oxygens (including phenoxy) is 1. The fourth-order valence-corrected chi connectivity index (χ4v) is 2.83. The molecule has 0 fully saturated rings. The number of primary sulfonamides is 1. The molecule has 0 aliphatic rings. The van der Waals surface area contributed by atoms with Gasteiger partial charge >= 0.3 is 5.97 Å². The van der Waals surface area contributed by atoms with Crippen LogP contribution in [0.3, 0.4) is 0 Å². The standard InChI is InChI=1S/C17H20N2O5S/c1-2-3-9-19-14-10-12(17(20)21)11-15(25(18,22)23)16(14)24-13-7-5-4-6-8-13/h4-8,10-11,19H,2-3,9H2,1H3,(H,20,21)(H2,18,22,23)/i4D. The van der Waals surface area contributed by atoms with Crippen LogP contribution in [0.15, 0.2) is 47.3 Å². The van der Waals surface area contributed by atoms with E-state index in [2.05, 4.69) is 5.32 Å². The van der Waals surface area contributed by atoms with Gasteiger partial charge in [0, 0.05) is 6.54 Å². The summed E-state index contributed by atoms with van der Waals surface area (Å²) in [6, 6.07) is 8.54. The van der Waals surface area contributed by atoms with Gasteiger partial charge in [0.25, 0.3) is 0 Å². The second-order valence-corrected chi connectivity index (χ2v) is 6.85. The lowest BCUT2D eigenvalue weighted by atomic mass is 10.1. The maximum atomic E-state index is 12.0. The maximum absolute atomic E-state index is 12.0. The normalized spacial score (nSPS) is 11.7. The van der Waals surface area contributed by atoms with Crippen LogP contribution in [0.2, 0.25) is 0 Å². The van der Waals surface area contributed by atoms with Crippen molar-refractivity contribution < 1.29 is 24.4 Å². The number of sulfonamides is 1. The first-order valence-corrected chi connectivity index (χ1v) is 9.19. The molecule has 0 spiro atoms. The number of hydrogen-bond acceptors (Lipinski definition) is 5. The van der Waals surface area contributed by atoms with Crippen LogP contribution in [0.1, 0.15) is 31.5 Å². The summed E-state index contributed by atoms with van der Waals surface area (Å²) in [7, 11) is -4.24. The van der Waals surface area contributed by atoms with Crippen molar-refractivity contribution in [1.29, 1.82) is 0 Å². The predicted octanol–water partition coefficient (Wildman–Crippen LogP) is 3.04. The molecule has 25 heavy (non-hydrogen) atoms. The Balaban J connectivity index is 2.59. The molecule has 0 saturated heterocycles. The van der Waals surface area contributed by atoms with Crippen LogP contribution in [-0.4, -0.2) is 26.0 Å². The molecule has 2 aromatic carbocycles. The number of unbranched alkanes of at least 4 members (excludes halogenated alkanes) is 1. The SMILES string of the molecule is [2H]c1ccc(Oc2c(NCCCC)cc(C(=O)O)cc2S(N)(=O)=O)cc1. The van der Waals surface area contributed by atoms with Crippen molar-refractivity contribution in [3.05, 3.63) is 48.0 Å². The highest BCUT2D eigenvalue weighted by Gasteiger charge is 2.23. The molecule has 2 aromatic rings. The van der Waals surface area contributed by atoms with Crippen molar-refractivity contribution in [2.45, 2.75) is 24.7 Å². The lowest BCUT2D eigenvalue weighted by Gasteiger charge is -2.17. The minimum atomic E-state index is -4.24. The Bertz CT molecular complexity index is 898. The van der Waals surface area contributed by atoms with Crippen LogP contribution in [0.4, 0.5) is 5.69 Å². The van der Waals surface area contributed by atoms with Gasteiger partial charge in [-0.2, -0.15) is 0 Å². The number of nitrogens with one attached hydrogen (secondary N) is 1. The van der Waals surface area contributed by atoms with Gasteiger partial charge in [-0.25, -0.2) is 18.4 Å². The van der Waals surface area contributed by atoms with Gasteiger partial charge in [0.2, 0.25) is 10.0 Å². The molecule has 0 heterocycles. The van der Waals surface area contributed by atoms with Crippen LogP contribution in [0.25, 0.3) is 0 Å². The molecule has 0 unspecified atom stereocenters. The highest BCUT2D eigenvalue weighted by Crippen LogP contribution is 2.37. The lowest BCUT2D eigenvalue weighted by molar-refractivity contribution is 0.0696. The van der Waals surface area contributed by atoms with Gasteiger partial charge in [-0.3, -0.25) is 0 Å². The third-order valence-corrected chi connectivity index (χ3v) is 4.28. The van der Waals surface area contributed by atoms with E-state index in [-0.39, 0.29) is 23.0 Å². The zero-order valence-corrected chi connectivity index (χ0v) is 14.5. The Morgan fingerprint density at radius 1 is 1.36 bits per heavy atom. The zero-order chi connectivity index (χ0) is 19.3. The van der Waals surface area contributed by atoms with Gasteiger partial charge in [0.05, 0.1) is 12.6 Å². The molecule has 134 valence electrons. The Morgan fingerprint density at radius 3 is 2.60 bits per heavy atom. The van der Waals surface area contributed by atoms with Crippen LogP contribution in [-0.2, 0) is 10.0 Å². The molecular weight excluding hydrogens is 344 g/mol. The number of anilines is 1. The summed E-state index contributed by atoms with van der Waals surface area (Å²) in [5.74, 6) is -1.06. The summed E-state index contributed by atoms with van der Waals surface area (Å²) >= 11 is 0. The number of carbonyl (C=O) groups is 1. The van der Waals surface area contributed by atoms with Crippen molar-refractivity contribution in [3.8, 4) is 11.5 Å². The molecule has 7 nitrogen and oxygen atoms in total. The Morgan fingerprint density at radius 2 is 2.04 bits per heavy atom. The topological polar surface area (TPSA) is 119 Å². The van der Waals surface area contributed by atoms with Gasteiger partial charge < -0.3 is 15.2 Å². The van der Waals surface area contributed by atoms with Crippen molar-refractivity contribution in [3.63, 3.8) is 0 Å². The van der Waals surface area contributed by atoms with Crippen molar-refractivity contribution in [2.24, 2.45) is 5.14 Å². The summed E-state index contributed by atoms with van der Waals surface area (Å²) in [6.45, 7) is 2.50. The summed E-state index contributed by atoms with van der Waals surface area (Å²) in [6.07, 6.45) is 1.70. The van der Waals surface area contributed by atoms with E-state index < -0.39 is 20.9 Å². The van der Waals surface area contributed by atoms with E-state index in [0.29, 0.717) is 12.3 Å². The quantitative estimate of drug-likeness (QED) is 0.619. The molecule has 0 bridgehead atoms. The van der Waals surface area contributed by atoms with E-state index in [1.165, 1.54) is 30.3 Å². The molecule has 0 saturated carbocycles. The molecule has 0 aliphatic heterocycles. The molecule has 0 aliphatic carbocycles. The van der Waals surface area contributed by atoms with Crippen molar-refractivity contribution in [2.75, 3.05) is 11.9 Å². The van der Waals surface area contributed by atoms with Crippen molar-refractivity contribution in [1.82, 2.24) is 0 Å². The Kier molecular flexibility index (Phi) is 5.52. The van der Waals surface area contributed by atoms with Gasteiger partial charge in [-0.1, -0.05) is 31.5 Å². The monoisotopic (exact) mass is 365 g/mol. The zero-order valence-electron chi connectivity index (χ0n) is 14.7. The lowest BCUT2D eigenvalue weighted by Crippen LogP contribution is -2.16. The number of aromatic carboxylic acids is 1. The van der Waals surface area contributed by atoms with Gasteiger partial charge in [-0.15, -0.1) is 0 Å². The smallest absolute Gasteiger partial charge is 0.335 e. The van der Waals surface area contributed by atoms with E-state index >= 15 is 0 Å². The molecule has 0 aromatic heterocycles. The molecule has 0 radical (unpaired) electrons. The molecule has 4 N–H and O–H groups in total.